The highest BCUT2D eigenvalue weighted by Crippen LogP contribution is 2.12. The average Bonchev–Trinajstić information content (AvgIpc) is 2.77. The summed E-state index contributed by atoms with van der Waals surface area (Å²) in [5.74, 6) is -0.841. The average molecular weight is 291 g/mol. The van der Waals surface area contributed by atoms with Gasteiger partial charge in [-0.25, -0.2) is 4.79 Å². The zero-order valence-corrected chi connectivity index (χ0v) is 11.5. The molecule has 3 N–H and O–H groups in total. The second kappa shape index (κ2) is 6.85. The van der Waals surface area contributed by atoms with Crippen LogP contribution in [0.15, 0.2) is 24.3 Å². The van der Waals surface area contributed by atoms with Gasteiger partial charge in [0.15, 0.2) is 0 Å². The maximum absolute atomic E-state index is 11.9. The van der Waals surface area contributed by atoms with Crippen LogP contribution in [0.5, 0.6) is 0 Å². The number of hydrogen-bond acceptors (Lipinski definition) is 4. The first kappa shape index (κ1) is 15.0. The van der Waals surface area contributed by atoms with E-state index in [9.17, 15) is 14.4 Å². The van der Waals surface area contributed by atoms with Gasteiger partial charge in [0.2, 0.25) is 5.91 Å². The first-order chi connectivity index (χ1) is 10.1. The monoisotopic (exact) mass is 291 g/mol. The van der Waals surface area contributed by atoms with Crippen LogP contribution in [0, 0.1) is 0 Å². The predicted octanol–water partition coefficient (Wildman–Crippen LogP) is 0.102. The molecule has 2 rings (SSSR count). The number of aliphatic hydroxyl groups is 1. The van der Waals surface area contributed by atoms with Crippen LogP contribution >= 0.6 is 0 Å². The summed E-state index contributed by atoms with van der Waals surface area (Å²) in [4.78, 5) is 35.5. The van der Waals surface area contributed by atoms with Gasteiger partial charge in [0.1, 0.15) is 6.54 Å². The van der Waals surface area contributed by atoms with Crippen LogP contribution in [0.25, 0.3) is 0 Å². The van der Waals surface area contributed by atoms with Gasteiger partial charge in [-0.15, -0.1) is 0 Å². The number of rotatable bonds is 6. The van der Waals surface area contributed by atoms with Crippen LogP contribution < -0.4 is 10.6 Å². The number of hydrogen-bond donors (Lipinski definition) is 3. The van der Waals surface area contributed by atoms with Gasteiger partial charge in [-0.1, -0.05) is 12.1 Å². The highest BCUT2D eigenvalue weighted by atomic mass is 16.3. The summed E-state index contributed by atoms with van der Waals surface area (Å²) in [5.41, 5.74) is 1.60. The normalized spacial score (nSPS) is 14.2. The molecule has 4 amide bonds. The molecule has 1 aromatic rings. The number of anilines is 1. The minimum Gasteiger partial charge on any atom is -0.396 e. The lowest BCUT2D eigenvalue weighted by molar-refractivity contribution is -0.128. The molecule has 0 bridgehead atoms. The predicted molar refractivity (Wildman–Crippen MR) is 75.6 cm³/mol. The van der Waals surface area contributed by atoms with Crippen molar-refractivity contribution < 1.29 is 19.5 Å². The van der Waals surface area contributed by atoms with Crippen LogP contribution in [0.3, 0.4) is 0 Å². The van der Waals surface area contributed by atoms with E-state index in [1.807, 2.05) is 6.07 Å². The number of nitrogens with zero attached hydrogens (tertiary/aromatic N) is 1. The Morgan fingerprint density at radius 3 is 2.86 bits per heavy atom. The summed E-state index contributed by atoms with van der Waals surface area (Å²) >= 11 is 0. The van der Waals surface area contributed by atoms with Crippen molar-refractivity contribution in [1.29, 1.82) is 0 Å². The molecule has 1 aliphatic heterocycles. The fourth-order valence-corrected chi connectivity index (χ4v) is 2.05. The Bertz CT molecular complexity index is 543. The molecule has 0 radical (unpaired) electrons. The Labute approximate surface area is 121 Å². The Kier molecular flexibility index (Phi) is 4.89. The molecule has 0 aromatic heterocycles. The fourth-order valence-electron chi connectivity index (χ4n) is 2.05. The van der Waals surface area contributed by atoms with E-state index < -0.39 is 17.8 Å². The van der Waals surface area contributed by atoms with Gasteiger partial charge in [-0.3, -0.25) is 14.5 Å². The topological polar surface area (TPSA) is 98.7 Å². The van der Waals surface area contributed by atoms with Crippen LogP contribution in [0.1, 0.15) is 12.0 Å². The number of imide groups is 1. The third-order valence-electron chi connectivity index (χ3n) is 3.07. The van der Waals surface area contributed by atoms with E-state index in [1.165, 1.54) is 0 Å². The number of amides is 4. The van der Waals surface area contributed by atoms with E-state index in [0.717, 1.165) is 10.5 Å². The molecule has 0 saturated carbocycles. The van der Waals surface area contributed by atoms with Crippen LogP contribution in [-0.4, -0.2) is 47.5 Å². The summed E-state index contributed by atoms with van der Waals surface area (Å²) in [7, 11) is 0. The maximum Gasteiger partial charge on any atom is 0.325 e. The molecule has 0 aliphatic carbocycles. The van der Waals surface area contributed by atoms with Crippen molar-refractivity contribution in [3.63, 3.8) is 0 Å². The molecule has 112 valence electrons. The van der Waals surface area contributed by atoms with Gasteiger partial charge in [-0.05, 0) is 30.5 Å². The molecule has 21 heavy (non-hydrogen) atoms. The summed E-state index contributed by atoms with van der Waals surface area (Å²) in [6.07, 6.45) is 1.37. The summed E-state index contributed by atoms with van der Waals surface area (Å²) < 4.78 is 0. The van der Waals surface area contributed by atoms with E-state index in [0.29, 0.717) is 18.5 Å². The molecule has 1 saturated heterocycles. The second-order valence-corrected chi connectivity index (χ2v) is 4.71. The van der Waals surface area contributed by atoms with Crippen LogP contribution in [-0.2, 0) is 16.0 Å². The van der Waals surface area contributed by atoms with Gasteiger partial charge in [-0.2, -0.15) is 0 Å². The number of aryl methyl sites for hydroxylation is 1. The molecule has 1 heterocycles. The molecule has 1 aromatic carbocycles. The van der Waals surface area contributed by atoms with Crippen molar-refractivity contribution in [2.24, 2.45) is 0 Å². The maximum atomic E-state index is 11.9. The minimum atomic E-state index is -0.549. The van der Waals surface area contributed by atoms with Gasteiger partial charge in [0.25, 0.3) is 5.91 Å². The summed E-state index contributed by atoms with van der Waals surface area (Å²) in [6, 6.07) is 6.69. The first-order valence-electron chi connectivity index (χ1n) is 6.68. The van der Waals surface area contributed by atoms with Crippen molar-refractivity contribution >= 4 is 23.5 Å². The Morgan fingerprint density at radius 1 is 1.38 bits per heavy atom. The van der Waals surface area contributed by atoms with E-state index in [1.54, 1.807) is 18.2 Å². The fraction of sp³-hybridized carbons (Fsp3) is 0.357. The third kappa shape index (κ3) is 4.03. The van der Waals surface area contributed by atoms with E-state index in [2.05, 4.69) is 10.6 Å². The van der Waals surface area contributed by atoms with Gasteiger partial charge in [0.05, 0.1) is 6.54 Å². The van der Waals surface area contributed by atoms with Gasteiger partial charge < -0.3 is 15.7 Å². The zero-order valence-electron chi connectivity index (χ0n) is 11.5. The van der Waals surface area contributed by atoms with Gasteiger partial charge in [0, 0.05) is 12.3 Å². The van der Waals surface area contributed by atoms with E-state index in [4.69, 9.17) is 5.11 Å². The Balaban J connectivity index is 1.93. The number of aliphatic hydroxyl groups excluding tert-OH is 1. The lowest BCUT2D eigenvalue weighted by Crippen LogP contribution is -2.38. The first-order valence-corrected chi connectivity index (χ1v) is 6.68. The van der Waals surface area contributed by atoms with Crippen molar-refractivity contribution in [2.75, 3.05) is 25.0 Å². The number of carbonyl (C=O) groups is 3. The number of carbonyl (C=O) groups excluding carboxylic acids is 3. The molecule has 0 atom stereocenters. The van der Waals surface area contributed by atoms with Gasteiger partial charge >= 0.3 is 6.03 Å². The highest BCUT2D eigenvalue weighted by molar-refractivity contribution is 6.06. The van der Waals surface area contributed by atoms with Crippen LogP contribution in [0.4, 0.5) is 10.5 Å². The summed E-state index contributed by atoms with van der Waals surface area (Å²) in [5, 5.41) is 13.8. The number of benzene rings is 1. The van der Waals surface area contributed by atoms with Crippen molar-refractivity contribution in [3.8, 4) is 0 Å². The Morgan fingerprint density at radius 2 is 2.19 bits per heavy atom. The lowest BCUT2D eigenvalue weighted by atomic mass is 10.1. The highest BCUT2D eigenvalue weighted by Gasteiger charge is 2.30. The molecule has 1 aliphatic rings. The standard InChI is InChI=1S/C14H17N3O4/c18-6-2-4-10-3-1-5-11(7-10)16-12(19)9-17-13(20)8-15-14(17)21/h1,3,5,7,18H,2,4,6,8-9H2,(H,15,21)(H,16,19). The van der Waals surface area contributed by atoms with Crippen molar-refractivity contribution in [1.82, 2.24) is 10.2 Å². The minimum absolute atomic E-state index is 0.0667. The molecular formula is C14H17N3O4. The smallest absolute Gasteiger partial charge is 0.325 e. The van der Waals surface area contributed by atoms with E-state index in [-0.39, 0.29) is 19.7 Å². The lowest BCUT2D eigenvalue weighted by Gasteiger charge is -2.12. The quantitative estimate of drug-likeness (QED) is 0.647. The van der Waals surface area contributed by atoms with E-state index >= 15 is 0 Å². The van der Waals surface area contributed by atoms with Crippen LogP contribution in [0.2, 0.25) is 0 Å². The van der Waals surface area contributed by atoms with Crippen molar-refractivity contribution in [2.45, 2.75) is 12.8 Å². The zero-order chi connectivity index (χ0) is 15.2. The third-order valence-corrected chi connectivity index (χ3v) is 3.07. The molecule has 0 unspecified atom stereocenters. The second-order valence-electron chi connectivity index (χ2n) is 4.71. The molecule has 7 nitrogen and oxygen atoms in total. The molecular weight excluding hydrogens is 274 g/mol. The van der Waals surface area contributed by atoms with Crippen molar-refractivity contribution in [3.05, 3.63) is 29.8 Å². The largest absolute Gasteiger partial charge is 0.396 e. The molecule has 1 fully saturated rings. The number of nitrogens with one attached hydrogen (secondary N) is 2. The molecule has 0 spiro atoms. The Hall–Kier alpha value is -2.41. The number of urea groups is 1. The summed E-state index contributed by atoms with van der Waals surface area (Å²) in [6.45, 7) is -0.253. The molecule has 7 heteroatoms. The SMILES string of the molecule is O=C(CN1C(=O)CNC1=O)Nc1cccc(CCCO)c1.